The maximum absolute atomic E-state index is 14.3. The molecule has 200 valence electrons. The second-order valence-electron chi connectivity index (χ2n) is 10.8. The first-order chi connectivity index (χ1) is 18.2. The number of aromatic nitrogens is 2. The summed E-state index contributed by atoms with van der Waals surface area (Å²) in [7, 11) is 3.54. The van der Waals surface area contributed by atoms with E-state index in [9.17, 15) is 18.8 Å². The van der Waals surface area contributed by atoms with Gasteiger partial charge in [-0.1, -0.05) is 18.0 Å². The normalized spacial score (nSPS) is 19.7. The Morgan fingerprint density at radius 3 is 2.39 bits per heavy atom. The number of fused-ring (bicyclic) bond motifs is 1. The van der Waals surface area contributed by atoms with Crippen LogP contribution in [-0.2, 0) is 7.05 Å². The van der Waals surface area contributed by atoms with Crippen molar-refractivity contribution in [1.29, 1.82) is 5.26 Å². The Morgan fingerprint density at radius 1 is 1.11 bits per heavy atom. The molecule has 38 heavy (non-hydrogen) atoms. The van der Waals surface area contributed by atoms with Crippen molar-refractivity contribution in [1.82, 2.24) is 9.55 Å². The van der Waals surface area contributed by atoms with Crippen LogP contribution >= 0.6 is 11.6 Å². The van der Waals surface area contributed by atoms with E-state index < -0.39 is 11.6 Å². The van der Waals surface area contributed by atoms with Gasteiger partial charge in [0.1, 0.15) is 22.3 Å². The molecule has 0 spiro atoms. The van der Waals surface area contributed by atoms with Crippen LogP contribution in [0.3, 0.4) is 0 Å². The maximum atomic E-state index is 14.3. The van der Waals surface area contributed by atoms with E-state index in [0.29, 0.717) is 27.8 Å². The summed E-state index contributed by atoms with van der Waals surface area (Å²) in [6.45, 7) is 2.69. The smallest absolute Gasteiger partial charge is 0.270 e. The molecule has 0 bridgehead atoms. The molecule has 2 aliphatic carbocycles. The summed E-state index contributed by atoms with van der Waals surface area (Å²) >= 11 is 6.22. The van der Waals surface area contributed by atoms with Crippen molar-refractivity contribution in [3.8, 4) is 6.07 Å². The van der Waals surface area contributed by atoms with Gasteiger partial charge >= 0.3 is 0 Å². The topological polar surface area (TPSA) is 65.2 Å². The lowest BCUT2D eigenvalue weighted by atomic mass is 9.83. The van der Waals surface area contributed by atoms with Gasteiger partial charge in [0, 0.05) is 44.5 Å². The monoisotopic (exact) mass is 539 g/mol. The Morgan fingerprint density at radius 2 is 1.76 bits per heavy atom. The lowest BCUT2D eigenvalue weighted by Gasteiger charge is -2.44. The standard InChI is InChI=1S/C29H32ClF2N5O/c1-17-13-22(31)23(32)14-25(17)37(16-18-5-4-6-18)20-9-7-19(8-10-20)35(2)28-21(15-33)29(38)36(3)24-11-12-26(30)34-27(24)28/h11-14,18-20H,4-10,16H2,1-3H3/t19-,20-. The van der Waals surface area contributed by atoms with Gasteiger partial charge in [-0.25, -0.2) is 13.8 Å². The molecule has 0 saturated heterocycles. The van der Waals surface area contributed by atoms with E-state index in [1.807, 2.05) is 18.9 Å². The number of hydrogen-bond donors (Lipinski definition) is 0. The zero-order chi connectivity index (χ0) is 27.1. The quantitative estimate of drug-likeness (QED) is 0.354. The van der Waals surface area contributed by atoms with E-state index in [4.69, 9.17) is 11.6 Å². The van der Waals surface area contributed by atoms with Crippen molar-refractivity contribution in [2.45, 2.75) is 64.0 Å². The van der Waals surface area contributed by atoms with Gasteiger partial charge in [-0.05, 0) is 75.1 Å². The van der Waals surface area contributed by atoms with Gasteiger partial charge in [0.25, 0.3) is 5.56 Å². The molecule has 3 aromatic rings. The number of nitriles is 1. The van der Waals surface area contributed by atoms with Crippen LogP contribution in [0.5, 0.6) is 0 Å². The van der Waals surface area contributed by atoms with Crippen molar-refractivity contribution in [3.63, 3.8) is 0 Å². The van der Waals surface area contributed by atoms with Gasteiger partial charge in [-0.3, -0.25) is 4.79 Å². The van der Waals surface area contributed by atoms with E-state index in [-0.39, 0.29) is 23.2 Å². The number of benzene rings is 1. The Labute approximate surface area is 226 Å². The zero-order valence-electron chi connectivity index (χ0n) is 22.0. The molecule has 1 aromatic carbocycles. The molecule has 0 aliphatic heterocycles. The Kier molecular flexibility index (Phi) is 7.32. The molecule has 9 heteroatoms. The van der Waals surface area contributed by atoms with Crippen LogP contribution < -0.4 is 15.4 Å². The summed E-state index contributed by atoms with van der Waals surface area (Å²) < 4.78 is 29.6. The Bertz CT molecular complexity index is 1470. The molecule has 0 atom stereocenters. The summed E-state index contributed by atoms with van der Waals surface area (Å²) in [4.78, 5) is 21.8. The van der Waals surface area contributed by atoms with E-state index in [0.717, 1.165) is 43.5 Å². The third kappa shape index (κ3) is 4.73. The van der Waals surface area contributed by atoms with Gasteiger partial charge in [-0.2, -0.15) is 5.26 Å². The lowest BCUT2D eigenvalue weighted by molar-refractivity contribution is 0.290. The molecule has 2 saturated carbocycles. The minimum atomic E-state index is -0.816. The van der Waals surface area contributed by atoms with Crippen LogP contribution in [0, 0.1) is 35.8 Å². The summed E-state index contributed by atoms with van der Waals surface area (Å²) in [5.41, 5.74) is 2.88. The molecule has 2 fully saturated rings. The second-order valence-corrected chi connectivity index (χ2v) is 11.2. The van der Waals surface area contributed by atoms with Gasteiger partial charge < -0.3 is 14.4 Å². The van der Waals surface area contributed by atoms with Crippen LogP contribution in [0.1, 0.15) is 56.1 Å². The number of pyridine rings is 2. The molecule has 6 nitrogen and oxygen atoms in total. The van der Waals surface area contributed by atoms with Crippen molar-refractivity contribution in [2.24, 2.45) is 13.0 Å². The highest BCUT2D eigenvalue weighted by molar-refractivity contribution is 6.29. The molecular formula is C29H32ClF2N5O. The van der Waals surface area contributed by atoms with E-state index in [1.165, 1.54) is 36.0 Å². The highest BCUT2D eigenvalue weighted by Gasteiger charge is 2.33. The fourth-order valence-corrected chi connectivity index (χ4v) is 6.24. The number of aryl methyl sites for hydroxylation is 2. The van der Waals surface area contributed by atoms with Crippen molar-refractivity contribution in [2.75, 3.05) is 23.4 Å². The summed E-state index contributed by atoms with van der Waals surface area (Å²) in [5.74, 6) is -1.06. The minimum Gasteiger partial charge on any atom is -0.369 e. The molecule has 0 amide bonds. The summed E-state index contributed by atoms with van der Waals surface area (Å²) in [6.07, 6.45) is 6.93. The van der Waals surface area contributed by atoms with Crippen LogP contribution in [0.15, 0.2) is 29.1 Å². The Balaban J connectivity index is 1.43. The van der Waals surface area contributed by atoms with Crippen LogP contribution in [0.2, 0.25) is 5.15 Å². The van der Waals surface area contributed by atoms with E-state index >= 15 is 0 Å². The molecule has 5 rings (SSSR count). The SMILES string of the molecule is Cc1cc(F)c(F)cc1N(CC1CCC1)[C@H]1CC[C@H](N(C)c2c(C#N)c(=O)n(C)c3ccc(Cl)nc23)CC1. The first kappa shape index (κ1) is 26.4. The van der Waals surface area contributed by atoms with Gasteiger partial charge in [0.15, 0.2) is 11.6 Å². The molecule has 2 aromatic heterocycles. The van der Waals surface area contributed by atoms with E-state index in [2.05, 4.69) is 16.0 Å². The third-order valence-electron chi connectivity index (χ3n) is 8.53. The number of anilines is 2. The number of rotatable bonds is 6. The first-order valence-electron chi connectivity index (χ1n) is 13.2. The number of halogens is 3. The van der Waals surface area contributed by atoms with Crippen LogP contribution in [0.25, 0.3) is 11.0 Å². The predicted molar refractivity (Wildman–Crippen MR) is 147 cm³/mol. The van der Waals surface area contributed by atoms with Gasteiger partial charge in [0.2, 0.25) is 0 Å². The van der Waals surface area contributed by atoms with Crippen molar-refractivity contribution < 1.29 is 8.78 Å². The summed E-state index contributed by atoms with van der Waals surface area (Å²) in [5, 5.41) is 10.2. The first-order valence-corrected chi connectivity index (χ1v) is 13.6. The van der Waals surface area contributed by atoms with Crippen LogP contribution in [-0.4, -0.2) is 35.2 Å². The van der Waals surface area contributed by atoms with Crippen molar-refractivity contribution >= 4 is 34.0 Å². The fourth-order valence-electron chi connectivity index (χ4n) is 6.10. The molecule has 0 unspecified atom stereocenters. The maximum Gasteiger partial charge on any atom is 0.270 e. The molecule has 0 radical (unpaired) electrons. The highest BCUT2D eigenvalue weighted by Crippen LogP contribution is 2.38. The van der Waals surface area contributed by atoms with Crippen LogP contribution in [0.4, 0.5) is 20.2 Å². The largest absolute Gasteiger partial charge is 0.369 e. The molecule has 2 heterocycles. The van der Waals surface area contributed by atoms with Gasteiger partial charge in [0.05, 0.1) is 11.2 Å². The number of hydrogen-bond acceptors (Lipinski definition) is 5. The summed E-state index contributed by atoms with van der Waals surface area (Å²) in [6, 6.07) is 8.43. The molecular weight excluding hydrogens is 508 g/mol. The Hall–Kier alpha value is -3.18. The average Bonchev–Trinajstić information content (AvgIpc) is 2.87. The van der Waals surface area contributed by atoms with E-state index in [1.54, 1.807) is 19.2 Å². The second kappa shape index (κ2) is 10.5. The molecule has 2 aliphatic rings. The predicted octanol–water partition coefficient (Wildman–Crippen LogP) is 6.10. The third-order valence-corrected chi connectivity index (χ3v) is 8.74. The van der Waals surface area contributed by atoms with Crippen molar-refractivity contribution in [3.05, 3.63) is 62.5 Å². The number of nitrogens with zero attached hydrogens (tertiary/aromatic N) is 5. The fraction of sp³-hybridized carbons (Fsp3) is 0.483. The minimum absolute atomic E-state index is 0.0587. The lowest BCUT2D eigenvalue weighted by Crippen LogP contribution is -2.46. The average molecular weight is 540 g/mol. The zero-order valence-corrected chi connectivity index (χ0v) is 22.7. The molecule has 0 N–H and O–H groups in total. The van der Waals surface area contributed by atoms with Gasteiger partial charge in [-0.15, -0.1) is 0 Å². The highest BCUT2D eigenvalue weighted by atomic mass is 35.5.